The molecule has 2 aromatic rings. The molecule has 0 aromatic carbocycles. The highest BCUT2D eigenvalue weighted by Crippen LogP contribution is 2.28. The number of rotatable bonds is 4. The zero-order valence-electron chi connectivity index (χ0n) is 10.4. The molecule has 0 aliphatic rings. The van der Waals surface area contributed by atoms with Crippen molar-refractivity contribution in [1.29, 1.82) is 0 Å². The molecule has 0 aliphatic heterocycles. The zero-order valence-corrected chi connectivity index (χ0v) is 10.4. The maximum atomic E-state index is 12.6. The molecule has 0 fully saturated rings. The number of hydrogen-bond donors (Lipinski definition) is 3. The summed E-state index contributed by atoms with van der Waals surface area (Å²) in [6.45, 7) is 1.40. The van der Waals surface area contributed by atoms with E-state index in [0.29, 0.717) is 5.69 Å². The van der Waals surface area contributed by atoms with E-state index in [-0.39, 0.29) is 18.2 Å². The molecule has 108 valence electrons. The van der Waals surface area contributed by atoms with Gasteiger partial charge in [-0.1, -0.05) is 0 Å². The average Bonchev–Trinajstić information content (AvgIpc) is 2.88. The molecule has 3 N–H and O–H groups in total. The third-order valence-electron chi connectivity index (χ3n) is 2.48. The van der Waals surface area contributed by atoms with Gasteiger partial charge in [0.1, 0.15) is 11.8 Å². The summed E-state index contributed by atoms with van der Waals surface area (Å²) < 4.78 is 37.8. The van der Waals surface area contributed by atoms with E-state index in [2.05, 4.69) is 25.3 Å². The summed E-state index contributed by atoms with van der Waals surface area (Å²) in [7, 11) is 0. The third-order valence-corrected chi connectivity index (χ3v) is 2.48. The third kappa shape index (κ3) is 3.44. The van der Waals surface area contributed by atoms with Crippen LogP contribution < -0.4 is 5.32 Å². The van der Waals surface area contributed by atoms with Crippen LogP contribution in [0.1, 0.15) is 23.2 Å². The van der Waals surface area contributed by atoms with Crippen molar-refractivity contribution in [2.75, 3.05) is 11.9 Å². The molecule has 0 aliphatic carbocycles. The molecule has 0 radical (unpaired) electrons. The minimum absolute atomic E-state index is 0.0387. The zero-order chi connectivity index (χ0) is 14.8. The summed E-state index contributed by atoms with van der Waals surface area (Å²) in [6, 6.07) is 0.858. The van der Waals surface area contributed by atoms with Gasteiger partial charge in [0.05, 0.1) is 18.2 Å². The van der Waals surface area contributed by atoms with E-state index in [4.69, 9.17) is 0 Å². The van der Waals surface area contributed by atoms with E-state index in [1.807, 2.05) is 0 Å². The molecule has 1 unspecified atom stereocenters. The second-order valence-electron chi connectivity index (χ2n) is 4.12. The maximum Gasteiger partial charge on any atom is 0.433 e. The highest BCUT2D eigenvalue weighted by Gasteiger charge is 2.33. The highest BCUT2D eigenvalue weighted by molar-refractivity contribution is 5.29. The van der Waals surface area contributed by atoms with Gasteiger partial charge in [-0.05, 0) is 13.0 Å². The van der Waals surface area contributed by atoms with Crippen LogP contribution in [0.3, 0.4) is 0 Å². The van der Waals surface area contributed by atoms with Gasteiger partial charge in [-0.2, -0.15) is 13.2 Å². The number of halogens is 3. The fourth-order valence-electron chi connectivity index (χ4n) is 1.54. The quantitative estimate of drug-likeness (QED) is 0.796. The van der Waals surface area contributed by atoms with Gasteiger partial charge in [0, 0.05) is 12.2 Å². The number of aliphatic hydroxyl groups excluding tert-OH is 1. The van der Waals surface area contributed by atoms with Crippen molar-refractivity contribution in [2.45, 2.75) is 19.2 Å². The van der Waals surface area contributed by atoms with E-state index >= 15 is 0 Å². The number of H-pyrrole nitrogens is 1. The fraction of sp³-hybridized carbons (Fsp3) is 0.364. The first kappa shape index (κ1) is 14.3. The number of aromatic nitrogens is 4. The number of anilines is 1. The monoisotopic (exact) mass is 287 g/mol. The Bertz CT molecular complexity index is 570. The number of aliphatic hydroxyl groups is 1. The van der Waals surface area contributed by atoms with Crippen LogP contribution in [0, 0.1) is 6.92 Å². The standard InChI is InChI=1S/C11H12F3N5O/c1-6-2-9(11(12,13)14)19-10(18-6)16-4-8(20)7-3-15-5-17-7/h2-3,5,8,20H,4H2,1H3,(H,15,17)(H,16,18,19). The molecule has 0 saturated heterocycles. The van der Waals surface area contributed by atoms with Crippen molar-refractivity contribution in [3.05, 3.63) is 35.7 Å². The van der Waals surface area contributed by atoms with Crippen LogP contribution in [0.2, 0.25) is 0 Å². The second kappa shape index (κ2) is 5.45. The van der Waals surface area contributed by atoms with E-state index in [1.165, 1.54) is 19.4 Å². The molecule has 2 heterocycles. The van der Waals surface area contributed by atoms with Crippen LogP contribution in [0.4, 0.5) is 19.1 Å². The molecule has 6 nitrogen and oxygen atoms in total. The molecule has 1 atom stereocenters. The van der Waals surface area contributed by atoms with Crippen LogP contribution in [0.5, 0.6) is 0 Å². The Morgan fingerprint density at radius 1 is 1.40 bits per heavy atom. The Labute approximate surface area is 112 Å². The SMILES string of the molecule is Cc1cc(C(F)(F)F)nc(NCC(O)c2cnc[nH]2)n1. The largest absolute Gasteiger partial charge is 0.433 e. The number of alkyl halides is 3. The average molecular weight is 287 g/mol. The molecular formula is C11H12F3N5O. The Hall–Kier alpha value is -2.16. The summed E-state index contributed by atoms with van der Waals surface area (Å²) >= 11 is 0. The van der Waals surface area contributed by atoms with Crippen molar-refractivity contribution in [3.8, 4) is 0 Å². The Balaban J connectivity index is 2.08. The molecule has 0 spiro atoms. The molecule has 20 heavy (non-hydrogen) atoms. The maximum absolute atomic E-state index is 12.6. The Morgan fingerprint density at radius 2 is 2.15 bits per heavy atom. The summed E-state index contributed by atoms with van der Waals surface area (Å²) in [5, 5.41) is 12.3. The first-order chi connectivity index (χ1) is 9.36. The van der Waals surface area contributed by atoms with Gasteiger partial charge in [0.25, 0.3) is 0 Å². The van der Waals surface area contributed by atoms with Gasteiger partial charge < -0.3 is 15.4 Å². The van der Waals surface area contributed by atoms with Crippen LogP contribution in [0.25, 0.3) is 0 Å². The first-order valence-electron chi connectivity index (χ1n) is 5.69. The van der Waals surface area contributed by atoms with E-state index in [9.17, 15) is 18.3 Å². The number of imidazole rings is 1. The highest BCUT2D eigenvalue weighted by atomic mass is 19.4. The molecule has 0 bridgehead atoms. The number of aryl methyl sites for hydroxylation is 1. The van der Waals surface area contributed by atoms with E-state index in [1.54, 1.807) is 0 Å². The van der Waals surface area contributed by atoms with Crippen LogP contribution in [-0.4, -0.2) is 31.6 Å². The predicted octanol–water partition coefficient (Wildman–Crippen LogP) is 1.67. The van der Waals surface area contributed by atoms with E-state index < -0.39 is 18.0 Å². The second-order valence-corrected chi connectivity index (χ2v) is 4.12. The first-order valence-corrected chi connectivity index (χ1v) is 5.69. The molecule has 9 heteroatoms. The predicted molar refractivity (Wildman–Crippen MR) is 63.8 cm³/mol. The van der Waals surface area contributed by atoms with Gasteiger partial charge >= 0.3 is 6.18 Å². The van der Waals surface area contributed by atoms with Gasteiger partial charge in [-0.25, -0.2) is 15.0 Å². The number of aromatic amines is 1. The van der Waals surface area contributed by atoms with Crippen molar-refractivity contribution in [1.82, 2.24) is 19.9 Å². The molecule has 0 amide bonds. The van der Waals surface area contributed by atoms with Gasteiger partial charge in [0.2, 0.25) is 5.95 Å². The lowest BCUT2D eigenvalue weighted by Gasteiger charge is -2.12. The van der Waals surface area contributed by atoms with Crippen LogP contribution in [-0.2, 0) is 6.18 Å². The van der Waals surface area contributed by atoms with Gasteiger partial charge in [0.15, 0.2) is 0 Å². The summed E-state index contributed by atoms with van der Waals surface area (Å²) in [6.07, 6.45) is -2.67. The topological polar surface area (TPSA) is 86.7 Å². The fourth-order valence-corrected chi connectivity index (χ4v) is 1.54. The lowest BCUT2D eigenvalue weighted by molar-refractivity contribution is -0.141. The summed E-state index contributed by atoms with van der Waals surface area (Å²) in [4.78, 5) is 13.6. The lowest BCUT2D eigenvalue weighted by atomic mass is 10.3. The van der Waals surface area contributed by atoms with Crippen molar-refractivity contribution < 1.29 is 18.3 Å². The number of nitrogens with zero attached hydrogens (tertiary/aromatic N) is 3. The molecular weight excluding hydrogens is 275 g/mol. The normalized spacial score (nSPS) is 13.2. The minimum Gasteiger partial charge on any atom is -0.385 e. The summed E-state index contributed by atoms with van der Waals surface area (Å²) in [5.74, 6) is -0.184. The molecule has 2 aromatic heterocycles. The number of hydrogen-bond acceptors (Lipinski definition) is 5. The lowest BCUT2D eigenvalue weighted by Crippen LogP contribution is -2.17. The van der Waals surface area contributed by atoms with Crippen molar-refractivity contribution in [3.63, 3.8) is 0 Å². The van der Waals surface area contributed by atoms with E-state index in [0.717, 1.165) is 6.07 Å². The van der Waals surface area contributed by atoms with Crippen LogP contribution >= 0.6 is 0 Å². The molecule has 0 saturated carbocycles. The van der Waals surface area contributed by atoms with Gasteiger partial charge in [-0.3, -0.25) is 0 Å². The van der Waals surface area contributed by atoms with Crippen LogP contribution in [0.15, 0.2) is 18.6 Å². The number of nitrogens with one attached hydrogen (secondary N) is 2. The van der Waals surface area contributed by atoms with Crippen molar-refractivity contribution >= 4 is 5.95 Å². The summed E-state index contributed by atoms with van der Waals surface area (Å²) in [5.41, 5.74) is -0.393. The van der Waals surface area contributed by atoms with Crippen molar-refractivity contribution in [2.24, 2.45) is 0 Å². The van der Waals surface area contributed by atoms with Gasteiger partial charge in [-0.15, -0.1) is 0 Å². The Morgan fingerprint density at radius 3 is 2.75 bits per heavy atom. The Kier molecular flexibility index (Phi) is 3.89. The smallest absolute Gasteiger partial charge is 0.385 e. The minimum atomic E-state index is -4.54. The molecule has 2 rings (SSSR count).